The van der Waals surface area contributed by atoms with Crippen LogP contribution in [-0.2, 0) is 6.61 Å². The molecule has 0 aliphatic carbocycles. The van der Waals surface area contributed by atoms with Crippen molar-refractivity contribution in [1.29, 1.82) is 0 Å². The minimum absolute atomic E-state index is 0.433. The summed E-state index contributed by atoms with van der Waals surface area (Å²) < 4.78 is 6.77. The molecule has 2 aromatic rings. The van der Waals surface area contributed by atoms with E-state index in [1.54, 1.807) is 25.1 Å². The van der Waals surface area contributed by atoms with E-state index in [1.807, 2.05) is 24.3 Å². The summed E-state index contributed by atoms with van der Waals surface area (Å²) in [5.74, 6) is 0.648. The van der Waals surface area contributed by atoms with Gasteiger partial charge in [0, 0.05) is 20.6 Å². The minimum Gasteiger partial charge on any atom is -0.488 e. The molecule has 4 heteroatoms. The van der Waals surface area contributed by atoms with Crippen LogP contribution in [0.15, 0.2) is 46.9 Å². The summed E-state index contributed by atoms with van der Waals surface area (Å²) in [6.45, 7) is 2.12. The molecule has 100 valence electrons. The van der Waals surface area contributed by atoms with Gasteiger partial charge in [0.1, 0.15) is 12.4 Å². The number of hydrogen-bond acceptors (Lipinski definition) is 2. The first-order valence-corrected chi connectivity index (χ1v) is 7.08. The Morgan fingerprint density at radius 3 is 2.68 bits per heavy atom. The standard InChI is InChI=1S/C15H14BrClO2/c1-10(18)13-8-12(17)6-7-15(13)19-9-11-4-2-3-5-14(11)16/h2-8,10,18H,9H2,1H3/t10-/m1/s1. The highest BCUT2D eigenvalue weighted by Crippen LogP contribution is 2.29. The first kappa shape index (κ1) is 14.4. The minimum atomic E-state index is -0.618. The van der Waals surface area contributed by atoms with Crippen molar-refractivity contribution in [1.82, 2.24) is 0 Å². The molecule has 1 N–H and O–H groups in total. The van der Waals surface area contributed by atoms with Crippen molar-refractivity contribution in [2.45, 2.75) is 19.6 Å². The third kappa shape index (κ3) is 3.72. The number of benzene rings is 2. The van der Waals surface area contributed by atoms with Crippen LogP contribution in [0.3, 0.4) is 0 Å². The van der Waals surface area contributed by atoms with E-state index in [0.717, 1.165) is 10.0 Å². The maximum absolute atomic E-state index is 9.73. The lowest BCUT2D eigenvalue weighted by molar-refractivity contribution is 0.190. The largest absolute Gasteiger partial charge is 0.488 e. The van der Waals surface area contributed by atoms with Crippen LogP contribution in [0.5, 0.6) is 5.75 Å². The second kappa shape index (κ2) is 6.42. The molecular formula is C15H14BrClO2. The Bertz CT molecular complexity index is 570. The summed E-state index contributed by atoms with van der Waals surface area (Å²) in [5, 5.41) is 10.3. The SMILES string of the molecule is C[C@@H](O)c1cc(Cl)ccc1OCc1ccccc1Br. The van der Waals surface area contributed by atoms with Gasteiger partial charge in [-0.15, -0.1) is 0 Å². The van der Waals surface area contributed by atoms with Crippen LogP contribution in [0.25, 0.3) is 0 Å². The lowest BCUT2D eigenvalue weighted by Gasteiger charge is -2.14. The van der Waals surface area contributed by atoms with Gasteiger partial charge in [0.2, 0.25) is 0 Å². The summed E-state index contributed by atoms with van der Waals surface area (Å²) in [6, 6.07) is 13.1. The van der Waals surface area contributed by atoms with Gasteiger partial charge in [0.05, 0.1) is 6.10 Å². The van der Waals surface area contributed by atoms with E-state index in [0.29, 0.717) is 22.9 Å². The van der Waals surface area contributed by atoms with Gasteiger partial charge < -0.3 is 9.84 Å². The van der Waals surface area contributed by atoms with Crippen molar-refractivity contribution in [3.63, 3.8) is 0 Å². The highest BCUT2D eigenvalue weighted by Gasteiger charge is 2.10. The molecule has 0 heterocycles. The third-order valence-electron chi connectivity index (χ3n) is 2.76. The van der Waals surface area contributed by atoms with E-state index in [4.69, 9.17) is 16.3 Å². The second-order valence-electron chi connectivity index (χ2n) is 4.24. The molecule has 0 aromatic heterocycles. The first-order valence-electron chi connectivity index (χ1n) is 5.91. The van der Waals surface area contributed by atoms with Gasteiger partial charge in [-0.3, -0.25) is 0 Å². The fourth-order valence-electron chi connectivity index (χ4n) is 1.75. The molecule has 0 aliphatic rings. The fraction of sp³-hybridized carbons (Fsp3) is 0.200. The van der Waals surface area contributed by atoms with Crippen LogP contribution in [0, 0.1) is 0 Å². The van der Waals surface area contributed by atoms with Crippen molar-refractivity contribution < 1.29 is 9.84 Å². The summed E-state index contributed by atoms with van der Waals surface area (Å²) >= 11 is 9.41. The monoisotopic (exact) mass is 340 g/mol. The Balaban J connectivity index is 2.18. The van der Waals surface area contributed by atoms with Crippen LogP contribution in [0.4, 0.5) is 0 Å². The van der Waals surface area contributed by atoms with Crippen LogP contribution < -0.4 is 4.74 Å². The zero-order chi connectivity index (χ0) is 13.8. The summed E-state index contributed by atoms with van der Waals surface area (Å²) in [4.78, 5) is 0. The predicted molar refractivity (Wildman–Crippen MR) is 80.6 cm³/mol. The van der Waals surface area contributed by atoms with Crippen molar-refractivity contribution in [3.05, 3.63) is 63.1 Å². The summed E-state index contributed by atoms with van der Waals surface area (Å²) in [6.07, 6.45) is -0.618. The molecule has 0 radical (unpaired) electrons. The molecule has 1 atom stereocenters. The van der Waals surface area contributed by atoms with Crippen molar-refractivity contribution in [2.24, 2.45) is 0 Å². The Hall–Kier alpha value is -1.03. The molecule has 2 aromatic carbocycles. The van der Waals surface area contributed by atoms with Gasteiger partial charge in [-0.05, 0) is 31.2 Å². The molecule has 2 nitrogen and oxygen atoms in total. The highest BCUT2D eigenvalue weighted by atomic mass is 79.9. The second-order valence-corrected chi connectivity index (χ2v) is 5.53. The van der Waals surface area contributed by atoms with Gasteiger partial charge in [0.15, 0.2) is 0 Å². The van der Waals surface area contributed by atoms with E-state index >= 15 is 0 Å². The zero-order valence-electron chi connectivity index (χ0n) is 10.4. The Morgan fingerprint density at radius 1 is 1.26 bits per heavy atom. The van der Waals surface area contributed by atoms with Crippen molar-refractivity contribution in [2.75, 3.05) is 0 Å². The quantitative estimate of drug-likeness (QED) is 0.870. The molecule has 19 heavy (non-hydrogen) atoms. The summed E-state index contributed by atoms with van der Waals surface area (Å²) in [7, 11) is 0. The Kier molecular flexibility index (Phi) is 4.86. The van der Waals surface area contributed by atoms with Crippen LogP contribution in [0.2, 0.25) is 5.02 Å². The Labute approximate surface area is 126 Å². The van der Waals surface area contributed by atoms with Gasteiger partial charge in [-0.2, -0.15) is 0 Å². The van der Waals surface area contributed by atoms with Gasteiger partial charge in [-0.25, -0.2) is 0 Å². The van der Waals surface area contributed by atoms with E-state index < -0.39 is 6.10 Å². The molecule has 0 aliphatic heterocycles. The van der Waals surface area contributed by atoms with E-state index in [9.17, 15) is 5.11 Å². The van der Waals surface area contributed by atoms with Gasteiger partial charge in [0.25, 0.3) is 0 Å². The van der Waals surface area contributed by atoms with Crippen LogP contribution >= 0.6 is 27.5 Å². The lowest BCUT2D eigenvalue weighted by atomic mass is 10.1. The van der Waals surface area contributed by atoms with Gasteiger partial charge >= 0.3 is 0 Å². The average molecular weight is 342 g/mol. The molecule has 0 unspecified atom stereocenters. The van der Waals surface area contributed by atoms with E-state index in [2.05, 4.69) is 15.9 Å². The van der Waals surface area contributed by atoms with E-state index in [1.165, 1.54) is 0 Å². The number of aliphatic hydroxyl groups excluding tert-OH is 1. The molecule has 0 fully saturated rings. The zero-order valence-corrected chi connectivity index (χ0v) is 12.8. The fourth-order valence-corrected chi connectivity index (χ4v) is 2.33. The Morgan fingerprint density at radius 2 is 2.00 bits per heavy atom. The normalized spacial score (nSPS) is 12.2. The molecule has 2 rings (SSSR count). The van der Waals surface area contributed by atoms with Gasteiger partial charge in [-0.1, -0.05) is 45.7 Å². The molecule has 0 saturated carbocycles. The first-order chi connectivity index (χ1) is 9.08. The van der Waals surface area contributed by atoms with Crippen molar-refractivity contribution in [3.8, 4) is 5.75 Å². The molecule has 0 bridgehead atoms. The average Bonchev–Trinajstić information content (AvgIpc) is 2.38. The number of hydrogen-bond donors (Lipinski definition) is 1. The highest BCUT2D eigenvalue weighted by molar-refractivity contribution is 9.10. The smallest absolute Gasteiger partial charge is 0.125 e. The summed E-state index contributed by atoms with van der Waals surface area (Å²) in [5.41, 5.74) is 1.74. The van der Waals surface area contributed by atoms with Crippen LogP contribution in [0.1, 0.15) is 24.2 Å². The maximum atomic E-state index is 9.73. The number of rotatable bonds is 4. The molecular weight excluding hydrogens is 328 g/mol. The van der Waals surface area contributed by atoms with E-state index in [-0.39, 0.29) is 0 Å². The number of ether oxygens (including phenoxy) is 1. The topological polar surface area (TPSA) is 29.5 Å². The predicted octanol–water partition coefficient (Wildman–Crippen LogP) is 4.73. The number of aliphatic hydroxyl groups is 1. The lowest BCUT2D eigenvalue weighted by Crippen LogP contribution is -2.01. The van der Waals surface area contributed by atoms with Crippen LogP contribution in [-0.4, -0.2) is 5.11 Å². The molecule has 0 amide bonds. The third-order valence-corrected chi connectivity index (χ3v) is 3.77. The van der Waals surface area contributed by atoms with Crippen molar-refractivity contribution >= 4 is 27.5 Å². The maximum Gasteiger partial charge on any atom is 0.125 e. The molecule has 0 spiro atoms. The number of halogens is 2. The molecule has 0 saturated heterocycles.